The van der Waals surface area contributed by atoms with Crippen molar-refractivity contribution in [1.82, 2.24) is 0 Å². The van der Waals surface area contributed by atoms with Gasteiger partial charge in [0, 0.05) is 12.8 Å². The van der Waals surface area contributed by atoms with Crippen LogP contribution in [0.1, 0.15) is 59.3 Å². The molecule has 0 aromatic heterocycles. The Kier molecular flexibility index (Phi) is 7.12. The Morgan fingerprint density at radius 1 is 1.17 bits per heavy atom. The van der Waals surface area contributed by atoms with Crippen molar-refractivity contribution in [3.05, 3.63) is 0 Å². The van der Waals surface area contributed by atoms with E-state index in [1.54, 1.807) is 0 Å². The van der Waals surface area contributed by atoms with E-state index >= 15 is 0 Å². The second-order valence-corrected chi connectivity index (χ2v) is 3.95. The van der Waals surface area contributed by atoms with Crippen LogP contribution in [0.2, 0.25) is 0 Å². The van der Waals surface area contributed by atoms with Crippen LogP contribution in [0.5, 0.6) is 0 Å². The highest BCUT2D eigenvalue weighted by atomic mass is 16.1. The van der Waals surface area contributed by atoms with Crippen molar-refractivity contribution in [2.45, 2.75) is 59.3 Å². The molecule has 0 aliphatic carbocycles. The van der Waals surface area contributed by atoms with Crippen LogP contribution < -0.4 is 0 Å². The van der Waals surface area contributed by atoms with Gasteiger partial charge < -0.3 is 0 Å². The van der Waals surface area contributed by atoms with Crippen LogP contribution in [-0.4, -0.2) is 5.78 Å². The van der Waals surface area contributed by atoms with Crippen LogP contribution in [0.25, 0.3) is 0 Å². The smallest absolute Gasteiger partial charge is 0.133 e. The molecular weight excluding hydrogens is 148 g/mol. The average molecular weight is 170 g/mol. The largest absolute Gasteiger partial charge is 0.300 e. The van der Waals surface area contributed by atoms with Gasteiger partial charge in [-0.25, -0.2) is 0 Å². The van der Waals surface area contributed by atoms with Gasteiger partial charge in [0.25, 0.3) is 0 Å². The van der Waals surface area contributed by atoms with Gasteiger partial charge >= 0.3 is 0 Å². The first-order chi connectivity index (χ1) is 5.66. The molecule has 0 saturated heterocycles. The topological polar surface area (TPSA) is 17.1 Å². The molecule has 0 saturated carbocycles. The summed E-state index contributed by atoms with van der Waals surface area (Å²) >= 11 is 0. The number of carbonyl (C=O) groups excluding carboxylic acids is 1. The van der Waals surface area contributed by atoms with Crippen LogP contribution in [0, 0.1) is 5.92 Å². The second kappa shape index (κ2) is 7.33. The van der Waals surface area contributed by atoms with Crippen LogP contribution in [-0.2, 0) is 4.79 Å². The predicted molar refractivity (Wildman–Crippen MR) is 53.2 cm³/mol. The molecule has 0 aliphatic rings. The standard InChI is InChI=1S/C11H22O/c1-4-5-6-7-8-11(12)9-10(2)3/h10H,4-9H2,1-3H3. The summed E-state index contributed by atoms with van der Waals surface area (Å²) in [6.07, 6.45) is 6.41. The first-order valence-electron chi connectivity index (χ1n) is 5.18. The lowest BCUT2D eigenvalue weighted by molar-refractivity contribution is -0.119. The molecule has 0 aromatic carbocycles. The zero-order valence-electron chi connectivity index (χ0n) is 8.73. The molecule has 0 N–H and O–H groups in total. The molecule has 0 fully saturated rings. The monoisotopic (exact) mass is 170 g/mol. The summed E-state index contributed by atoms with van der Waals surface area (Å²) in [5.74, 6) is 0.977. The van der Waals surface area contributed by atoms with E-state index in [1.807, 2.05) is 0 Å². The SMILES string of the molecule is CCCCCCC(=O)CC(C)C. The maximum atomic E-state index is 11.2. The Balaban J connectivity index is 3.20. The fraction of sp³-hybridized carbons (Fsp3) is 0.909. The van der Waals surface area contributed by atoms with Crippen molar-refractivity contribution < 1.29 is 4.79 Å². The van der Waals surface area contributed by atoms with E-state index in [1.165, 1.54) is 19.3 Å². The maximum Gasteiger partial charge on any atom is 0.133 e. The van der Waals surface area contributed by atoms with Gasteiger partial charge in [0.2, 0.25) is 0 Å². The van der Waals surface area contributed by atoms with Crippen molar-refractivity contribution >= 4 is 5.78 Å². The third-order valence-corrected chi connectivity index (χ3v) is 1.95. The van der Waals surface area contributed by atoms with Crippen molar-refractivity contribution in [3.63, 3.8) is 0 Å². The van der Waals surface area contributed by atoms with Crippen LogP contribution >= 0.6 is 0 Å². The fourth-order valence-corrected chi connectivity index (χ4v) is 1.31. The fourth-order valence-electron chi connectivity index (χ4n) is 1.31. The molecule has 0 rings (SSSR count). The first-order valence-corrected chi connectivity index (χ1v) is 5.18. The Morgan fingerprint density at radius 3 is 2.33 bits per heavy atom. The predicted octanol–water partition coefficient (Wildman–Crippen LogP) is 3.57. The molecule has 0 aliphatic heterocycles. The Bertz CT molecular complexity index is 116. The third-order valence-electron chi connectivity index (χ3n) is 1.95. The van der Waals surface area contributed by atoms with E-state index in [-0.39, 0.29) is 0 Å². The number of carbonyl (C=O) groups is 1. The number of Topliss-reactive ketones (excluding diaryl/α,β-unsaturated/α-hetero) is 1. The summed E-state index contributed by atoms with van der Waals surface area (Å²) in [5, 5.41) is 0. The molecule has 0 radical (unpaired) electrons. The average Bonchev–Trinajstić information content (AvgIpc) is 1.97. The van der Waals surface area contributed by atoms with Crippen molar-refractivity contribution in [3.8, 4) is 0 Å². The molecule has 0 atom stereocenters. The summed E-state index contributed by atoms with van der Waals surface area (Å²) in [4.78, 5) is 11.2. The lowest BCUT2D eigenvalue weighted by Crippen LogP contribution is -2.02. The summed E-state index contributed by atoms with van der Waals surface area (Å²) in [5.41, 5.74) is 0. The molecule has 0 heterocycles. The number of hydrogen-bond donors (Lipinski definition) is 0. The number of hydrogen-bond acceptors (Lipinski definition) is 1. The number of ketones is 1. The van der Waals surface area contributed by atoms with Gasteiger partial charge in [0.1, 0.15) is 5.78 Å². The minimum Gasteiger partial charge on any atom is -0.300 e. The van der Waals surface area contributed by atoms with Crippen molar-refractivity contribution in [1.29, 1.82) is 0 Å². The molecular formula is C11H22O. The van der Waals surface area contributed by atoms with Gasteiger partial charge in [0.05, 0.1) is 0 Å². The summed E-state index contributed by atoms with van der Waals surface area (Å²) in [6.45, 7) is 6.39. The molecule has 1 heteroatoms. The van der Waals surface area contributed by atoms with Gasteiger partial charge in [0.15, 0.2) is 0 Å². The molecule has 12 heavy (non-hydrogen) atoms. The Labute approximate surface area is 76.6 Å². The first kappa shape index (κ1) is 11.7. The normalized spacial score (nSPS) is 10.7. The van der Waals surface area contributed by atoms with Crippen LogP contribution in [0.3, 0.4) is 0 Å². The van der Waals surface area contributed by atoms with E-state index in [2.05, 4.69) is 20.8 Å². The van der Waals surface area contributed by atoms with E-state index in [0.717, 1.165) is 19.3 Å². The van der Waals surface area contributed by atoms with Gasteiger partial charge in [-0.05, 0) is 12.3 Å². The minimum atomic E-state index is 0.445. The zero-order chi connectivity index (χ0) is 9.40. The second-order valence-electron chi connectivity index (χ2n) is 3.95. The zero-order valence-corrected chi connectivity index (χ0v) is 8.73. The van der Waals surface area contributed by atoms with E-state index in [0.29, 0.717) is 11.7 Å². The van der Waals surface area contributed by atoms with Crippen molar-refractivity contribution in [2.24, 2.45) is 5.92 Å². The van der Waals surface area contributed by atoms with E-state index in [4.69, 9.17) is 0 Å². The van der Waals surface area contributed by atoms with Gasteiger partial charge in [-0.15, -0.1) is 0 Å². The summed E-state index contributed by atoms with van der Waals surface area (Å²) < 4.78 is 0. The van der Waals surface area contributed by atoms with E-state index in [9.17, 15) is 4.79 Å². The number of unbranched alkanes of at least 4 members (excludes halogenated alkanes) is 3. The lowest BCUT2D eigenvalue weighted by atomic mass is 10.0. The molecule has 0 aromatic rings. The molecule has 72 valence electrons. The highest BCUT2D eigenvalue weighted by Crippen LogP contribution is 2.08. The quantitative estimate of drug-likeness (QED) is 0.534. The van der Waals surface area contributed by atoms with Gasteiger partial charge in [-0.1, -0.05) is 40.0 Å². The summed E-state index contributed by atoms with van der Waals surface area (Å²) in [7, 11) is 0. The van der Waals surface area contributed by atoms with Gasteiger partial charge in [-0.3, -0.25) is 4.79 Å². The molecule has 0 amide bonds. The minimum absolute atomic E-state index is 0.445. The molecule has 0 bridgehead atoms. The highest BCUT2D eigenvalue weighted by molar-refractivity contribution is 5.78. The molecule has 0 spiro atoms. The number of rotatable bonds is 7. The highest BCUT2D eigenvalue weighted by Gasteiger charge is 2.03. The van der Waals surface area contributed by atoms with E-state index < -0.39 is 0 Å². The maximum absolute atomic E-state index is 11.2. The van der Waals surface area contributed by atoms with Crippen LogP contribution in [0.15, 0.2) is 0 Å². The molecule has 1 nitrogen and oxygen atoms in total. The Morgan fingerprint density at radius 2 is 1.83 bits per heavy atom. The van der Waals surface area contributed by atoms with Gasteiger partial charge in [-0.2, -0.15) is 0 Å². The summed E-state index contributed by atoms with van der Waals surface area (Å²) in [6, 6.07) is 0. The Hall–Kier alpha value is -0.330. The third kappa shape index (κ3) is 7.77. The van der Waals surface area contributed by atoms with Crippen LogP contribution in [0.4, 0.5) is 0 Å². The van der Waals surface area contributed by atoms with Crippen molar-refractivity contribution in [2.75, 3.05) is 0 Å². The molecule has 0 unspecified atom stereocenters. The lowest BCUT2D eigenvalue weighted by Gasteiger charge is -2.02.